The molecule has 3 N–H and O–H groups in total. The van der Waals surface area contributed by atoms with Crippen molar-refractivity contribution in [3.05, 3.63) is 0 Å². The van der Waals surface area contributed by atoms with E-state index in [2.05, 4.69) is 10.6 Å². The second-order valence-corrected chi connectivity index (χ2v) is 4.19. The summed E-state index contributed by atoms with van der Waals surface area (Å²) >= 11 is 0. The van der Waals surface area contributed by atoms with Gasteiger partial charge in [0.1, 0.15) is 0 Å². The maximum absolute atomic E-state index is 11.7. The molecule has 106 valence electrons. The Morgan fingerprint density at radius 1 is 1.06 bits per heavy atom. The van der Waals surface area contributed by atoms with Crippen molar-refractivity contribution in [2.75, 3.05) is 26.2 Å². The Morgan fingerprint density at radius 3 is 2.11 bits per heavy atom. The van der Waals surface area contributed by atoms with Gasteiger partial charge in [-0.2, -0.15) is 13.2 Å². The van der Waals surface area contributed by atoms with Gasteiger partial charge >= 0.3 is 6.18 Å². The van der Waals surface area contributed by atoms with E-state index in [-0.39, 0.29) is 18.4 Å². The van der Waals surface area contributed by atoms with Crippen LogP contribution in [0.25, 0.3) is 0 Å². The Kier molecular flexibility index (Phi) is 7.33. The summed E-state index contributed by atoms with van der Waals surface area (Å²) in [4.78, 5) is 22.2. The molecule has 0 atom stereocenters. The van der Waals surface area contributed by atoms with Gasteiger partial charge in [-0.15, -0.1) is 0 Å². The molecule has 2 amide bonds. The van der Waals surface area contributed by atoms with Crippen LogP contribution in [0.4, 0.5) is 13.2 Å². The molecule has 5 nitrogen and oxygen atoms in total. The molecule has 0 saturated carbocycles. The van der Waals surface area contributed by atoms with Crippen LogP contribution in [0.5, 0.6) is 0 Å². The van der Waals surface area contributed by atoms with Gasteiger partial charge in [0.25, 0.3) is 0 Å². The molecule has 8 heteroatoms. The van der Waals surface area contributed by atoms with Crippen molar-refractivity contribution in [1.82, 2.24) is 16.0 Å². The minimum Gasteiger partial charge on any atom is -0.354 e. The number of nitrogens with one attached hydrogen (secondary N) is 3. The molecule has 0 aromatic rings. The molecule has 0 aromatic heterocycles. The third-order valence-electron chi connectivity index (χ3n) is 1.76. The maximum Gasteiger partial charge on any atom is 0.401 e. The van der Waals surface area contributed by atoms with Crippen LogP contribution < -0.4 is 16.0 Å². The fraction of sp³-hybridized carbons (Fsp3) is 0.800. The Balaban J connectivity index is 3.61. The van der Waals surface area contributed by atoms with Crippen molar-refractivity contribution < 1.29 is 22.8 Å². The molecule has 0 aliphatic carbocycles. The van der Waals surface area contributed by atoms with E-state index >= 15 is 0 Å². The second kappa shape index (κ2) is 7.91. The largest absolute Gasteiger partial charge is 0.401 e. The number of alkyl halides is 3. The fourth-order valence-electron chi connectivity index (χ4n) is 0.940. The first kappa shape index (κ1) is 16.7. The minimum atomic E-state index is -4.35. The molecule has 0 aliphatic heterocycles. The number of carbonyl (C=O) groups is 2. The van der Waals surface area contributed by atoms with E-state index in [4.69, 9.17) is 0 Å². The summed E-state index contributed by atoms with van der Waals surface area (Å²) in [7, 11) is 0. The molecule has 0 fully saturated rings. The van der Waals surface area contributed by atoms with Crippen LogP contribution >= 0.6 is 0 Å². The highest BCUT2D eigenvalue weighted by Crippen LogP contribution is 2.11. The van der Waals surface area contributed by atoms with Crippen LogP contribution in [0.15, 0.2) is 0 Å². The van der Waals surface area contributed by atoms with E-state index < -0.39 is 25.2 Å². The molecular weight excluding hydrogens is 251 g/mol. The topological polar surface area (TPSA) is 70.2 Å². The van der Waals surface area contributed by atoms with Gasteiger partial charge in [0.15, 0.2) is 0 Å². The van der Waals surface area contributed by atoms with E-state index in [0.29, 0.717) is 6.54 Å². The number of rotatable bonds is 7. The monoisotopic (exact) mass is 269 g/mol. The summed E-state index contributed by atoms with van der Waals surface area (Å²) in [5.41, 5.74) is 0. The van der Waals surface area contributed by atoms with Crippen molar-refractivity contribution in [2.45, 2.75) is 20.0 Å². The molecule has 0 rings (SSSR count). The van der Waals surface area contributed by atoms with Gasteiger partial charge < -0.3 is 16.0 Å². The number of carbonyl (C=O) groups excluding carboxylic acids is 2. The average Bonchev–Trinajstić information content (AvgIpc) is 2.21. The molecule has 0 aromatic carbocycles. The molecular formula is C10H18F3N3O2. The van der Waals surface area contributed by atoms with Gasteiger partial charge in [0, 0.05) is 6.54 Å². The van der Waals surface area contributed by atoms with Crippen LogP contribution in [-0.4, -0.2) is 44.2 Å². The summed E-state index contributed by atoms with van der Waals surface area (Å²) in [6.07, 6.45) is -4.35. The predicted molar refractivity (Wildman–Crippen MR) is 59.8 cm³/mol. The Labute approximate surface area is 103 Å². The SMILES string of the molecule is CC(C)CNC(=O)CNC(=O)CNCC(F)(F)F. The lowest BCUT2D eigenvalue weighted by atomic mass is 10.2. The van der Waals surface area contributed by atoms with Crippen molar-refractivity contribution in [3.63, 3.8) is 0 Å². The number of amides is 2. The minimum absolute atomic E-state index is 0.237. The Morgan fingerprint density at radius 2 is 1.61 bits per heavy atom. The van der Waals surface area contributed by atoms with Gasteiger partial charge in [-0.05, 0) is 5.92 Å². The van der Waals surface area contributed by atoms with Gasteiger partial charge in [0.05, 0.1) is 19.6 Å². The molecule has 0 heterocycles. The molecule has 0 bridgehead atoms. The highest BCUT2D eigenvalue weighted by Gasteiger charge is 2.26. The summed E-state index contributed by atoms with van der Waals surface area (Å²) in [5, 5.41) is 6.71. The third-order valence-corrected chi connectivity index (χ3v) is 1.76. The summed E-state index contributed by atoms with van der Waals surface area (Å²) in [6, 6.07) is 0. The standard InChI is InChI=1S/C10H18F3N3O2/c1-7(2)3-15-9(18)5-16-8(17)4-14-6-10(11,12)13/h7,14H,3-6H2,1-2H3,(H,15,18)(H,16,17). The maximum atomic E-state index is 11.7. The van der Waals surface area contributed by atoms with Gasteiger partial charge in [-0.3, -0.25) is 9.59 Å². The van der Waals surface area contributed by atoms with Gasteiger partial charge in [-0.1, -0.05) is 13.8 Å². The zero-order chi connectivity index (χ0) is 14.2. The van der Waals surface area contributed by atoms with Crippen LogP contribution in [0, 0.1) is 5.92 Å². The zero-order valence-electron chi connectivity index (χ0n) is 10.4. The number of hydrogen-bond donors (Lipinski definition) is 3. The highest BCUT2D eigenvalue weighted by molar-refractivity contribution is 5.85. The van der Waals surface area contributed by atoms with Crippen molar-refractivity contribution in [3.8, 4) is 0 Å². The summed E-state index contributed by atoms with van der Waals surface area (Å²) in [5.74, 6) is -0.732. The lowest BCUT2D eigenvalue weighted by Crippen LogP contribution is -2.43. The molecule has 0 unspecified atom stereocenters. The van der Waals surface area contributed by atoms with E-state index in [0.717, 1.165) is 0 Å². The van der Waals surface area contributed by atoms with Crippen LogP contribution in [0.3, 0.4) is 0 Å². The smallest absolute Gasteiger partial charge is 0.354 e. The van der Waals surface area contributed by atoms with E-state index in [1.54, 1.807) is 0 Å². The summed E-state index contributed by atoms with van der Waals surface area (Å²) in [6.45, 7) is 2.37. The number of halogens is 3. The first-order chi connectivity index (χ1) is 8.20. The van der Waals surface area contributed by atoms with Crippen molar-refractivity contribution >= 4 is 11.8 Å². The van der Waals surface area contributed by atoms with Gasteiger partial charge in [-0.25, -0.2) is 0 Å². The van der Waals surface area contributed by atoms with Crippen molar-refractivity contribution in [1.29, 1.82) is 0 Å². The fourth-order valence-corrected chi connectivity index (χ4v) is 0.940. The zero-order valence-corrected chi connectivity index (χ0v) is 10.4. The van der Waals surface area contributed by atoms with Crippen LogP contribution in [-0.2, 0) is 9.59 Å². The molecule has 18 heavy (non-hydrogen) atoms. The molecule has 0 spiro atoms. The quantitative estimate of drug-likeness (QED) is 0.610. The lowest BCUT2D eigenvalue weighted by molar-refractivity contribution is -0.130. The predicted octanol–water partition coefficient (Wildman–Crippen LogP) is 0.0267. The van der Waals surface area contributed by atoms with Gasteiger partial charge in [0.2, 0.25) is 11.8 Å². The van der Waals surface area contributed by atoms with E-state index in [1.165, 1.54) is 0 Å². The second-order valence-electron chi connectivity index (χ2n) is 4.19. The van der Waals surface area contributed by atoms with Crippen molar-refractivity contribution in [2.24, 2.45) is 5.92 Å². The Bertz CT molecular complexity index is 280. The third kappa shape index (κ3) is 11.2. The first-order valence-electron chi connectivity index (χ1n) is 5.51. The van der Waals surface area contributed by atoms with Crippen LogP contribution in [0.1, 0.15) is 13.8 Å². The lowest BCUT2D eigenvalue weighted by Gasteiger charge is -2.10. The molecule has 0 saturated heterocycles. The van der Waals surface area contributed by atoms with E-state index in [9.17, 15) is 22.8 Å². The molecule has 0 aliphatic rings. The van der Waals surface area contributed by atoms with Crippen LogP contribution in [0.2, 0.25) is 0 Å². The number of hydrogen-bond acceptors (Lipinski definition) is 3. The Hall–Kier alpha value is -1.31. The average molecular weight is 269 g/mol. The normalized spacial score (nSPS) is 11.4. The summed E-state index contributed by atoms with van der Waals surface area (Å²) < 4.78 is 35.2. The van der Waals surface area contributed by atoms with E-state index in [1.807, 2.05) is 19.2 Å². The highest BCUT2D eigenvalue weighted by atomic mass is 19.4. The molecule has 0 radical (unpaired) electrons. The first-order valence-corrected chi connectivity index (χ1v) is 5.51.